The molecule has 1 N–H and O–H groups in total. The fourth-order valence-electron chi connectivity index (χ4n) is 2.97. The van der Waals surface area contributed by atoms with Crippen LogP contribution in [0.25, 0.3) is 17.0 Å². The monoisotopic (exact) mass is 348 g/mol. The first-order valence-corrected chi connectivity index (χ1v) is 8.80. The standard InChI is InChI=1S/C20H16N2O2S/c1-13-6-8-14(9-7-13)11-22-12-15(16-4-2-3-5-17(16)22)10-18-19(23)21-20(24)25-18/h2-10,12H,11H2,1H3,(H,21,23,24)/b18-10+. The molecule has 25 heavy (non-hydrogen) atoms. The lowest BCUT2D eigenvalue weighted by atomic mass is 10.1. The van der Waals surface area contributed by atoms with Crippen molar-refractivity contribution in [3.63, 3.8) is 0 Å². The molecule has 124 valence electrons. The molecule has 4 nitrogen and oxygen atoms in total. The smallest absolute Gasteiger partial charge is 0.290 e. The van der Waals surface area contributed by atoms with Crippen LogP contribution < -0.4 is 5.32 Å². The van der Waals surface area contributed by atoms with Crippen molar-refractivity contribution in [2.24, 2.45) is 0 Å². The van der Waals surface area contributed by atoms with E-state index >= 15 is 0 Å². The number of hydrogen-bond donors (Lipinski definition) is 1. The Kier molecular flexibility index (Phi) is 3.93. The van der Waals surface area contributed by atoms with Crippen molar-refractivity contribution in [3.05, 3.63) is 76.3 Å². The largest absolute Gasteiger partial charge is 0.342 e. The number of para-hydroxylation sites is 1. The number of aryl methyl sites for hydroxylation is 1. The van der Waals surface area contributed by atoms with E-state index in [2.05, 4.69) is 47.1 Å². The van der Waals surface area contributed by atoms with Gasteiger partial charge in [-0.15, -0.1) is 0 Å². The minimum absolute atomic E-state index is 0.320. The Morgan fingerprint density at radius 1 is 1.08 bits per heavy atom. The van der Waals surface area contributed by atoms with Crippen molar-refractivity contribution in [2.75, 3.05) is 0 Å². The molecule has 0 unspecified atom stereocenters. The summed E-state index contributed by atoms with van der Waals surface area (Å²) in [7, 11) is 0. The Bertz CT molecular complexity index is 1020. The van der Waals surface area contributed by atoms with Crippen molar-refractivity contribution in [3.8, 4) is 0 Å². The second kappa shape index (κ2) is 6.26. The minimum atomic E-state index is -0.328. The van der Waals surface area contributed by atoms with E-state index in [1.165, 1.54) is 11.1 Å². The Balaban J connectivity index is 1.76. The number of carbonyl (C=O) groups is 2. The van der Waals surface area contributed by atoms with Gasteiger partial charge in [0.25, 0.3) is 11.1 Å². The van der Waals surface area contributed by atoms with Crippen LogP contribution in [0, 0.1) is 6.92 Å². The van der Waals surface area contributed by atoms with Gasteiger partial charge in [0.1, 0.15) is 0 Å². The van der Waals surface area contributed by atoms with Gasteiger partial charge in [0, 0.05) is 29.2 Å². The van der Waals surface area contributed by atoms with Gasteiger partial charge in [-0.3, -0.25) is 14.9 Å². The molecule has 0 aliphatic carbocycles. The first kappa shape index (κ1) is 15.7. The fourth-order valence-corrected chi connectivity index (χ4v) is 3.65. The van der Waals surface area contributed by atoms with Crippen LogP contribution in [0.1, 0.15) is 16.7 Å². The SMILES string of the molecule is Cc1ccc(Cn2cc(/C=C3/SC(=O)NC3=O)c3ccccc32)cc1. The van der Waals surface area contributed by atoms with E-state index in [1.807, 2.05) is 24.4 Å². The van der Waals surface area contributed by atoms with Gasteiger partial charge >= 0.3 is 0 Å². The van der Waals surface area contributed by atoms with E-state index in [-0.39, 0.29) is 11.1 Å². The summed E-state index contributed by atoms with van der Waals surface area (Å²) in [5, 5.41) is 3.04. The molecule has 0 radical (unpaired) electrons. The third-order valence-electron chi connectivity index (χ3n) is 4.22. The summed E-state index contributed by atoms with van der Waals surface area (Å²) in [4.78, 5) is 23.6. The first-order valence-electron chi connectivity index (χ1n) is 7.98. The van der Waals surface area contributed by atoms with E-state index in [0.717, 1.165) is 34.8 Å². The summed E-state index contributed by atoms with van der Waals surface area (Å²) < 4.78 is 2.17. The zero-order valence-electron chi connectivity index (χ0n) is 13.7. The van der Waals surface area contributed by atoms with Crippen molar-refractivity contribution >= 4 is 39.9 Å². The van der Waals surface area contributed by atoms with Crippen molar-refractivity contribution in [2.45, 2.75) is 13.5 Å². The molecule has 1 aromatic heterocycles. The highest BCUT2D eigenvalue weighted by molar-refractivity contribution is 8.18. The van der Waals surface area contributed by atoms with Crippen molar-refractivity contribution in [1.29, 1.82) is 0 Å². The van der Waals surface area contributed by atoms with Crippen LogP contribution in [0.5, 0.6) is 0 Å². The average Bonchev–Trinajstić information content (AvgIpc) is 3.10. The van der Waals surface area contributed by atoms with Crippen LogP contribution >= 0.6 is 11.8 Å². The molecule has 0 spiro atoms. The summed E-state index contributed by atoms with van der Waals surface area (Å²) in [5.41, 5.74) is 4.49. The van der Waals surface area contributed by atoms with E-state index in [4.69, 9.17) is 0 Å². The van der Waals surface area contributed by atoms with E-state index in [9.17, 15) is 9.59 Å². The summed E-state index contributed by atoms with van der Waals surface area (Å²) in [6.45, 7) is 2.83. The maximum atomic E-state index is 11.8. The number of aromatic nitrogens is 1. The normalized spacial score (nSPS) is 16.0. The van der Waals surface area contributed by atoms with E-state index < -0.39 is 0 Å². The number of thioether (sulfide) groups is 1. The van der Waals surface area contributed by atoms with Gasteiger partial charge in [-0.05, 0) is 36.4 Å². The predicted octanol–water partition coefficient (Wildman–Crippen LogP) is 4.32. The minimum Gasteiger partial charge on any atom is -0.342 e. The maximum absolute atomic E-state index is 11.8. The van der Waals surface area contributed by atoms with Crippen LogP contribution in [0.15, 0.2) is 59.6 Å². The Morgan fingerprint density at radius 2 is 1.84 bits per heavy atom. The first-order chi connectivity index (χ1) is 12.1. The highest BCUT2D eigenvalue weighted by atomic mass is 32.2. The third-order valence-corrected chi connectivity index (χ3v) is 5.03. The van der Waals surface area contributed by atoms with Crippen LogP contribution in [-0.2, 0) is 11.3 Å². The molecule has 4 rings (SSSR count). The summed E-state index contributed by atoms with van der Waals surface area (Å²) >= 11 is 0.944. The Hall–Kier alpha value is -2.79. The van der Waals surface area contributed by atoms with Gasteiger partial charge in [0.2, 0.25) is 0 Å². The quantitative estimate of drug-likeness (QED) is 0.717. The van der Waals surface area contributed by atoms with Crippen LogP contribution in [0.3, 0.4) is 0 Å². The molecule has 2 amide bonds. The number of fused-ring (bicyclic) bond motifs is 1. The predicted molar refractivity (Wildman–Crippen MR) is 101 cm³/mol. The molecule has 1 saturated heterocycles. The number of benzene rings is 2. The number of amides is 2. The number of nitrogens with zero attached hydrogens (tertiary/aromatic N) is 1. The number of carbonyl (C=O) groups excluding carboxylic acids is 2. The second-order valence-electron chi connectivity index (χ2n) is 6.07. The fraction of sp³-hybridized carbons (Fsp3) is 0.100. The molecular formula is C20H16N2O2S. The van der Waals surface area contributed by atoms with Crippen LogP contribution in [-0.4, -0.2) is 15.7 Å². The zero-order valence-corrected chi connectivity index (χ0v) is 14.5. The third kappa shape index (κ3) is 3.10. The molecule has 1 fully saturated rings. The van der Waals surface area contributed by atoms with Gasteiger partial charge in [-0.25, -0.2) is 0 Å². The molecule has 2 heterocycles. The Morgan fingerprint density at radius 3 is 2.56 bits per heavy atom. The zero-order chi connectivity index (χ0) is 17.4. The van der Waals surface area contributed by atoms with Gasteiger partial charge in [0.05, 0.1) is 4.91 Å². The molecule has 1 aliphatic rings. The second-order valence-corrected chi connectivity index (χ2v) is 7.08. The van der Waals surface area contributed by atoms with E-state index in [1.54, 1.807) is 6.08 Å². The lowest BCUT2D eigenvalue weighted by molar-refractivity contribution is -0.115. The average molecular weight is 348 g/mol. The molecule has 1 aliphatic heterocycles. The molecule has 0 saturated carbocycles. The number of imide groups is 1. The summed E-state index contributed by atoms with van der Waals surface area (Å²) in [6.07, 6.45) is 3.83. The van der Waals surface area contributed by atoms with Gasteiger partial charge in [-0.1, -0.05) is 48.0 Å². The number of hydrogen-bond acceptors (Lipinski definition) is 3. The molecule has 5 heteroatoms. The van der Waals surface area contributed by atoms with Crippen molar-refractivity contribution < 1.29 is 9.59 Å². The number of rotatable bonds is 3. The highest BCUT2D eigenvalue weighted by Gasteiger charge is 2.25. The lowest BCUT2D eigenvalue weighted by Crippen LogP contribution is -2.17. The van der Waals surface area contributed by atoms with Crippen LogP contribution in [0.4, 0.5) is 4.79 Å². The summed E-state index contributed by atoms with van der Waals surface area (Å²) in [5.74, 6) is -0.328. The van der Waals surface area contributed by atoms with Gasteiger partial charge in [0.15, 0.2) is 0 Å². The maximum Gasteiger partial charge on any atom is 0.290 e. The topological polar surface area (TPSA) is 51.1 Å². The Labute approximate surface area is 149 Å². The molecule has 3 aromatic rings. The molecule has 0 atom stereocenters. The van der Waals surface area contributed by atoms with Crippen molar-refractivity contribution in [1.82, 2.24) is 9.88 Å². The van der Waals surface area contributed by atoms with E-state index in [0.29, 0.717) is 4.91 Å². The summed E-state index contributed by atoms with van der Waals surface area (Å²) in [6, 6.07) is 16.6. The molecule has 0 bridgehead atoms. The molecule has 2 aromatic carbocycles. The number of nitrogens with one attached hydrogen (secondary N) is 1. The van der Waals surface area contributed by atoms with Gasteiger partial charge < -0.3 is 4.57 Å². The molecular weight excluding hydrogens is 332 g/mol. The lowest BCUT2D eigenvalue weighted by Gasteiger charge is -2.06. The highest BCUT2D eigenvalue weighted by Crippen LogP contribution is 2.30. The van der Waals surface area contributed by atoms with Gasteiger partial charge in [-0.2, -0.15) is 0 Å². The van der Waals surface area contributed by atoms with Crippen LogP contribution in [0.2, 0.25) is 0 Å².